The van der Waals surface area contributed by atoms with E-state index in [1.54, 1.807) is 0 Å². The number of rotatable bonds is 3. The quantitative estimate of drug-likeness (QED) is 0.740. The van der Waals surface area contributed by atoms with Gasteiger partial charge in [0.1, 0.15) is 12.4 Å². The number of hydrogen-bond donors (Lipinski definition) is 1. The Kier molecular flexibility index (Phi) is 4.78. The molecule has 2 aromatic carbocycles. The van der Waals surface area contributed by atoms with Gasteiger partial charge in [-0.2, -0.15) is 0 Å². The van der Waals surface area contributed by atoms with Crippen LogP contribution in [0.5, 0.6) is 0 Å². The van der Waals surface area contributed by atoms with Crippen molar-refractivity contribution in [3.05, 3.63) is 82.9 Å². The molecule has 4 rings (SSSR count). The van der Waals surface area contributed by atoms with Gasteiger partial charge in [0, 0.05) is 30.8 Å². The van der Waals surface area contributed by atoms with Gasteiger partial charge in [0.25, 0.3) is 0 Å². The highest BCUT2D eigenvalue weighted by atomic mass is 16.3. The van der Waals surface area contributed by atoms with E-state index >= 15 is 0 Å². The van der Waals surface area contributed by atoms with Crippen LogP contribution in [0.2, 0.25) is 0 Å². The molecule has 0 aliphatic carbocycles. The molecular weight excluding hydrogens is 324 g/mol. The van der Waals surface area contributed by atoms with Crippen LogP contribution in [0.15, 0.2) is 54.6 Å². The first kappa shape index (κ1) is 16.5. The van der Waals surface area contributed by atoms with Crippen LogP contribution in [0.4, 0.5) is 0 Å². The largest absolute Gasteiger partial charge is 0.388 e. The Balaban J connectivity index is 1.45. The van der Waals surface area contributed by atoms with Gasteiger partial charge in [-0.15, -0.1) is 10.2 Å². The minimum absolute atomic E-state index is 0.0604. The second-order valence-corrected chi connectivity index (χ2v) is 6.37. The normalized spacial score (nSPS) is 13.7. The average Bonchev–Trinajstić information content (AvgIpc) is 3.10. The van der Waals surface area contributed by atoms with Crippen molar-refractivity contribution in [3.63, 3.8) is 0 Å². The summed E-state index contributed by atoms with van der Waals surface area (Å²) >= 11 is 0. The zero-order chi connectivity index (χ0) is 17.8. The van der Waals surface area contributed by atoms with Crippen LogP contribution in [-0.2, 0) is 26.2 Å². The zero-order valence-corrected chi connectivity index (χ0v) is 14.5. The number of hydrogen-bond acceptors (Lipinski definition) is 4. The summed E-state index contributed by atoms with van der Waals surface area (Å²) in [5.74, 6) is 8.02. The van der Waals surface area contributed by atoms with E-state index in [-0.39, 0.29) is 6.61 Å². The number of aromatic nitrogens is 3. The average molecular weight is 344 g/mol. The number of aliphatic hydroxyl groups excluding tert-OH is 1. The highest BCUT2D eigenvalue weighted by Gasteiger charge is 2.20. The molecule has 1 aliphatic heterocycles. The summed E-state index contributed by atoms with van der Waals surface area (Å²) in [6.45, 7) is 3.26. The third kappa shape index (κ3) is 3.67. The van der Waals surface area contributed by atoms with Crippen LogP contribution in [0.25, 0.3) is 0 Å². The molecule has 3 aromatic rings. The Hall–Kier alpha value is -2.94. The first-order valence-electron chi connectivity index (χ1n) is 8.72. The van der Waals surface area contributed by atoms with Crippen LogP contribution >= 0.6 is 0 Å². The van der Waals surface area contributed by atoms with E-state index in [1.165, 1.54) is 5.56 Å². The number of aliphatic hydroxyl groups is 1. The molecule has 5 heteroatoms. The molecule has 26 heavy (non-hydrogen) atoms. The van der Waals surface area contributed by atoms with E-state index in [0.29, 0.717) is 5.82 Å². The van der Waals surface area contributed by atoms with Crippen molar-refractivity contribution in [1.29, 1.82) is 0 Å². The third-order valence-corrected chi connectivity index (χ3v) is 4.51. The second kappa shape index (κ2) is 7.52. The van der Waals surface area contributed by atoms with Crippen LogP contribution in [0.1, 0.15) is 28.3 Å². The maximum atomic E-state index is 9.30. The molecule has 0 saturated heterocycles. The van der Waals surface area contributed by atoms with Crippen LogP contribution in [-0.4, -0.2) is 31.3 Å². The fourth-order valence-electron chi connectivity index (χ4n) is 3.19. The van der Waals surface area contributed by atoms with Gasteiger partial charge in [-0.1, -0.05) is 42.2 Å². The van der Waals surface area contributed by atoms with Crippen molar-refractivity contribution in [2.75, 3.05) is 6.54 Å². The fraction of sp³-hybridized carbons (Fsp3) is 0.238. The Labute approximate surface area is 152 Å². The summed E-state index contributed by atoms with van der Waals surface area (Å²) in [6, 6.07) is 18.4. The minimum atomic E-state index is -0.0604. The van der Waals surface area contributed by atoms with Gasteiger partial charge in [-0.05, 0) is 29.8 Å². The first-order valence-corrected chi connectivity index (χ1v) is 8.72. The lowest BCUT2D eigenvalue weighted by molar-refractivity contribution is 0.199. The lowest BCUT2D eigenvalue weighted by Gasteiger charge is -2.27. The predicted octanol–water partition coefficient (Wildman–Crippen LogP) is 2.19. The topological polar surface area (TPSA) is 54.2 Å². The fourth-order valence-corrected chi connectivity index (χ4v) is 3.19. The van der Waals surface area contributed by atoms with Crippen molar-refractivity contribution in [2.45, 2.75) is 26.2 Å². The summed E-state index contributed by atoms with van der Waals surface area (Å²) < 4.78 is 2.01. The Bertz CT molecular complexity index is 953. The lowest BCUT2D eigenvalue weighted by atomic mass is 10.1. The Morgan fingerprint density at radius 1 is 0.923 bits per heavy atom. The molecule has 0 radical (unpaired) electrons. The van der Waals surface area contributed by atoms with E-state index in [9.17, 15) is 5.11 Å². The molecule has 130 valence electrons. The summed E-state index contributed by atoms with van der Waals surface area (Å²) in [5.41, 5.74) is 3.28. The van der Waals surface area contributed by atoms with Crippen molar-refractivity contribution in [3.8, 4) is 11.8 Å². The lowest BCUT2D eigenvalue weighted by Crippen LogP contribution is -2.34. The zero-order valence-electron chi connectivity index (χ0n) is 14.5. The maximum Gasteiger partial charge on any atom is 0.158 e. The molecule has 0 fully saturated rings. The van der Waals surface area contributed by atoms with Gasteiger partial charge >= 0.3 is 0 Å². The molecule has 1 N–H and O–H groups in total. The van der Waals surface area contributed by atoms with Gasteiger partial charge in [-0.3, -0.25) is 4.90 Å². The molecule has 0 atom stereocenters. The van der Waals surface area contributed by atoms with Gasteiger partial charge in [0.05, 0.1) is 6.54 Å². The standard InChI is InChI=1S/C21H20N4O/c26-16-21-23-22-20-15-24(11-12-25(20)21)14-19-8-4-7-18(13-19)10-9-17-5-2-1-3-6-17/h1-8,13,26H,11-12,14-16H2. The highest BCUT2D eigenvalue weighted by Crippen LogP contribution is 2.16. The summed E-state index contributed by atoms with van der Waals surface area (Å²) in [5, 5.41) is 17.5. The van der Waals surface area contributed by atoms with Gasteiger partial charge in [0.2, 0.25) is 0 Å². The Morgan fingerprint density at radius 2 is 1.73 bits per heavy atom. The van der Waals surface area contributed by atoms with Crippen molar-refractivity contribution in [1.82, 2.24) is 19.7 Å². The predicted molar refractivity (Wildman–Crippen MR) is 98.9 cm³/mol. The molecule has 1 aromatic heterocycles. The second-order valence-electron chi connectivity index (χ2n) is 6.37. The maximum absolute atomic E-state index is 9.30. The molecule has 0 spiro atoms. The first-order chi connectivity index (χ1) is 12.8. The van der Waals surface area contributed by atoms with E-state index in [2.05, 4.69) is 45.1 Å². The van der Waals surface area contributed by atoms with E-state index in [0.717, 1.165) is 43.1 Å². The minimum Gasteiger partial charge on any atom is -0.388 e. The molecule has 0 bridgehead atoms. The summed E-state index contributed by atoms with van der Waals surface area (Å²) in [6.07, 6.45) is 0. The van der Waals surface area contributed by atoms with E-state index in [4.69, 9.17) is 0 Å². The third-order valence-electron chi connectivity index (χ3n) is 4.51. The molecule has 5 nitrogen and oxygen atoms in total. The molecule has 0 saturated carbocycles. The van der Waals surface area contributed by atoms with Crippen molar-refractivity contribution >= 4 is 0 Å². The van der Waals surface area contributed by atoms with E-state index < -0.39 is 0 Å². The summed E-state index contributed by atoms with van der Waals surface area (Å²) in [7, 11) is 0. The molecular formula is C21H20N4O. The molecule has 0 amide bonds. The van der Waals surface area contributed by atoms with Gasteiger partial charge in [0.15, 0.2) is 5.82 Å². The smallest absolute Gasteiger partial charge is 0.158 e. The molecule has 0 unspecified atom stereocenters. The molecule has 1 aliphatic rings. The number of fused-ring (bicyclic) bond motifs is 1. The SMILES string of the molecule is OCc1nnc2n1CCN(Cc1cccc(C#Cc3ccccc3)c1)C2. The van der Waals surface area contributed by atoms with Gasteiger partial charge in [-0.25, -0.2) is 0 Å². The summed E-state index contributed by atoms with van der Waals surface area (Å²) in [4.78, 5) is 2.34. The van der Waals surface area contributed by atoms with Crippen LogP contribution in [0, 0.1) is 11.8 Å². The monoisotopic (exact) mass is 344 g/mol. The number of nitrogens with zero attached hydrogens (tertiary/aromatic N) is 4. The highest BCUT2D eigenvalue weighted by molar-refractivity contribution is 5.43. The molecule has 2 heterocycles. The van der Waals surface area contributed by atoms with Gasteiger partial charge < -0.3 is 9.67 Å². The van der Waals surface area contributed by atoms with Crippen molar-refractivity contribution in [2.24, 2.45) is 0 Å². The van der Waals surface area contributed by atoms with E-state index in [1.807, 2.05) is 41.0 Å². The van der Waals surface area contributed by atoms with Crippen LogP contribution in [0.3, 0.4) is 0 Å². The van der Waals surface area contributed by atoms with Crippen molar-refractivity contribution < 1.29 is 5.11 Å². The number of benzene rings is 2. The Morgan fingerprint density at radius 3 is 2.58 bits per heavy atom. The van der Waals surface area contributed by atoms with Crippen LogP contribution < -0.4 is 0 Å².